The minimum Gasteiger partial charge on any atom is -0.389 e. The lowest BCUT2D eigenvalue weighted by molar-refractivity contribution is 0.00175. The first-order valence-corrected chi connectivity index (χ1v) is 5.86. The van der Waals surface area contributed by atoms with Crippen LogP contribution < -0.4 is 5.73 Å². The van der Waals surface area contributed by atoms with Crippen molar-refractivity contribution >= 4 is 0 Å². The van der Waals surface area contributed by atoms with Crippen molar-refractivity contribution < 1.29 is 14.6 Å². The molecule has 3 atom stereocenters. The Morgan fingerprint density at radius 1 is 1.44 bits per heavy atom. The van der Waals surface area contributed by atoms with Crippen LogP contribution in [0.3, 0.4) is 0 Å². The number of aliphatic hydroxyl groups excluding tert-OH is 1. The van der Waals surface area contributed by atoms with Crippen LogP contribution in [0.4, 0.5) is 0 Å². The molecule has 0 spiro atoms. The van der Waals surface area contributed by atoms with E-state index in [-0.39, 0.29) is 6.04 Å². The predicted octanol–water partition coefficient (Wildman–Crippen LogP) is -0.711. The Balaban J connectivity index is 2.08. The van der Waals surface area contributed by atoms with Crippen LogP contribution in [-0.4, -0.2) is 68.7 Å². The molecule has 0 aliphatic carbocycles. The molecule has 0 amide bonds. The van der Waals surface area contributed by atoms with Crippen LogP contribution >= 0.6 is 0 Å². The number of β-amino-alcohol motifs (C(OH)–C–C–N with tert-alkyl or cyclic N) is 1. The lowest BCUT2D eigenvalue weighted by atomic mass is 10.1. The van der Waals surface area contributed by atoms with E-state index >= 15 is 0 Å². The van der Waals surface area contributed by atoms with Gasteiger partial charge in [-0.3, -0.25) is 4.90 Å². The van der Waals surface area contributed by atoms with Crippen LogP contribution in [0, 0.1) is 5.92 Å². The minimum absolute atomic E-state index is 0.238. The van der Waals surface area contributed by atoms with Gasteiger partial charge >= 0.3 is 0 Å². The highest BCUT2D eigenvalue weighted by molar-refractivity contribution is 4.84. The third-order valence-corrected chi connectivity index (χ3v) is 2.96. The van der Waals surface area contributed by atoms with Gasteiger partial charge in [0.15, 0.2) is 0 Å². The van der Waals surface area contributed by atoms with E-state index in [0.717, 1.165) is 13.1 Å². The molecule has 1 rings (SSSR count). The van der Waals surface area contributed by atoms with Crippen LogP contribution in [-0.2, 0) is 9.47 Å². The van der Waals surface area contributed by atoms with E-state index in [9.17, 15) is 5.11 Å². The summed E-state index contributed by atoms with van der Waals surface area (Å²) in [6, 6.07) is 0.238. The number of aliphatic hydroxyl groups is 1. The fourth-order valence-electron chi connectivity index (χ4n) is 1.96. The van der Waals surface area contributed by atoms with Gasteiger partial charge in [0.2, 0.25) is 0 Å². The summed E-state index contributed by atoms with van der Waals surface area (Å²) < 4.78 is 10.1. The summed E-state index contributed by atoms with van der Waals surface area (Å²) in [7, 11) is 1.63. The summed E-state index contributed by atoms with van der Waals surface area (Å²) in [5.41, 5.74) is 5.91. The number of ether oxygens (including phenoxy) is 2. The molecule has 5 nitrogen and oxygen atoms in total. The molecule has 0 aromatic rings. The zero-order chi connectivity index (χ0) is 12.0. The standard InChI is InChI=1S/C11H24N2O3/c1-9-5-13(7-11(9)12)6-10(14)8-16-4-3-15-2/h9-11,14H,3-8,12H2,1-2H3. The van der Waals surface area contributed by atoms with Crippen molar-refractivity contribution in [2.45, 2.75) is 19.1 Å². The Bertz CT molecular complexity index is 182. The van der Waals surface area contributed by atoms with Gasteiger partial charge in [0.05, 0.1) is 25.9 Å². The highest BCUT2D eigenvalue weighted by atomic mass is 16.5. The maximum absolute atomic E-state index is 9.73. The number of hydrogen-bond donors (Lipinski definition) is 2. The Morgan fingerprint density at radius 2 is 2.19 bits per heavy atom. The second-order valence-electron chi connectivity index (χ2n) is 4.58. The average molecular weight is 232 g/mol. The lowest BCUT2D eigenvalue weighted by Gasteiger charge is -2.19. The van der Waals surface area contributed by atoms with Crippen LogP contribution in [0.5, 0.6) is 0 Å². The van der Waals surface area contributed by atoms with E-state index in [1.54, 1.807) is 7.11 Å². The van der Waals surface area contributed by atoms with E-state index in [2.05, 4.69) is 11.8 Å². The molecule has 1 fully saturated rings. The highest BCUT2D eigenvalue weighted by Crippen LogP contribution is 2.14. The third-order valence-electron chi connectivity index (χ3n) is 2.96. The minimum atomic E-state index is -0.436. The van der Waals surface area contributed by atoms with Crippen LogP contribution in [0.1, 0.15) is 6.92 Å². The SMILES string of the molecule is COCCOCC(O)CN1CC(C)C(N)C1. The molecule has 3 unspecified atom stereocenters. The zero-order valence-electron chi connectivity index (χ0n) is 10.3. The molecule has 0 aromatic heterocycles. The van der Waals surface area contributed by atoms with Crippen molar-refractivity contribution in [3.8, 4) is 0 Å². The van der Waals surface area contributed by atoms with Gasteiger partial charge in [-0.1, -0.05) is 6.92 Å². The molecule has 5 heteroatoms. The smallest absolute Gasteiger partial charge is 0.0900 e. The normalized spacial score (nSPS) is 28.5. The fraction of sp³-hybridized carbons (Fsp3) is 1.00. The number of nitrogens with zero attached hydrogens (tertiary/aromatic N) is 1. The van der Waals surface area contributed by atoms with Crippen molar-refractivity contribution in [3.05, 3.63) is 0 Å². The van der Waals surface area contributed by atoms with Crippen molar-refractivity contribution in [1.29, 1.82) is 0 Å². The molecule has 96 valence electrons. The second kappa shape index (κ2) is 7.19. The summed E-state index contributed by atoms with van der Waals surface area (Å²) in [6.07, 6.45) is -0.436. The maximum Gasteiger partial charge on any atom is 0.0900 e. The molecule has 1 aliphatic heterocycles. The summed E-state index contributed by atoms with van der Waals surface area (Å²) in [6.45, 7) is 6.09. The first kappa shape index (κ1) is 13.9. The molecule has 16 heavy (non-hydrogen) atoms. The van der Waals surface area contributed by atoms with E-state index in [0.29, 0.717) is 32.3 Å². The Kier molecular flexibility index (Phi) is 6.23. The van der Waals surface area contributed by atoms with E-state index in [4.69, 9.17) is 15.2 Å². The second-order valence-corrected chi connectivity index (χ2v) is 4.58. The van der Waals surface area contributed by atoms with Crippen LogP contribution in [0.15, 0.2) is 0 Å². The van der Waals surface area contributed by atoms with Gasteiger partial charge in [-0.05, 0) is 5.92 Å². The van der Waals surface area contributed by atoms with Gasteiger partial charge in [-0.25, -0.2) is 0 Å². The molecular weight excluding hydrogens is 208 g/mol. The van der Waals surface area contributed by atoms with Crippen molar-refractivity contribution in [3.63, 3.8) is 0 Å². The number of hydrogen-bond acceptors (Lipinski definition) is 5. The molecule has 1 heterocycles. The van der Waals surface area contributed by atoms with Crippen molar-refractivity contribution in [1.82, 2.24) is 4.90 Å². The predicted molar refractivity (Wildman–Crippen MR) is 62.3 cm³/mol. The van der Waals surface area contributed by atoms with Gasteiger partial charge in [0.25, 0.3) is 0 Å². The quantitative estimate of drug-likeness (QED) is 0.568. The Hall–Kier alpha value is -0.200. The first-order valence-electron chi connectivity index (χ1n) is 5.86. The number of rotatable bonds is 7. The summed E-state index contributed by atoms with van der Waals surface area (Å²) in [5, 5.41) is 9.73. The van der Waals surface area contributed by atoms with Crippen molar-refractivity contribution in [2.24, 2.45) is 11.7 Å². The first-order chi connectivity index (χ1) is 7.63. The summed E-state index contributed by atoms with van der Waals surface area (Å²) >= 11 is 0. The van der Waals surface area contributed by atoms with E-state index in [1.807, 2.05) is 0 Å². The maximum atomic E-state index is 9.73. The number of likely N-dealkylation sites (tertiary alicyclic amines) is 1. The van der Waals surface area contributed by atoms with E-state index in [1.165, 1.54) is 0 Å². The summed E-state index contributed by atoms with van der Waals surface area (Å²) in [4.78, 5) is 2.19. The molecule has 0 radical (unpaired) electrons. The van der Waals surface area contributed by atoms with Gasteiger partial charge in [-0.15, -0.1) is 0 Å². The lowest BCUT2D eigenvalue weighted by Crippen LogP contribution is -2.35. The van der Waals surface area contributed by atoms with Crippen LogP contribution in [0.2, 0.25) is 0 Å². The van der Waals surface area contributed by atoms with Gasteiger partial charge < -0.3 is 20.3 Å². The fourth-order valence-corrected chi connectivity index (χ4v) is 1.96. The number of nitrogens with two attached hydrogens (primary N) is 1. The molecule has 0 aromatic carbocycles. The third kappa shape index (κ3) is 4.76. The average Bonchev–Trinajstić information content (AvgIpc) is 2.53. The Labute approximate surface area is 97.5 Å². The van der Waals surface area contributed by atoms with Gasteiger partial charge in [0, 0.05) is 32.8 Å². The molecule has 1 saturated heterocycles. The van der Waals surface area contributed by atoms with Crippen LogP contribution in [0.25, 0.3) is 0 Å². The van der Waals surface area contributed by atoms with Gasteiger partial charge in [0.1, 0.15) is 0 Å². The van der Waals surface area contributed by atoms with Crippen molar-refractivity contribution in [2.75, 3.05) is 46.6 Å². The number of methoxy groups -OCH3 is 1. The molecule has 1 aliphatic rings. The largest absolute Gasteiger partial charge is 0.389 e. The topological polar surface area (TPSA) is 68.0 Å². The monoisotopic (exact) mass is 232 g/mol. The molecule has 0 saturated carbocycles. The zero-order valence-corrected chi connectivity index (χ0v) is 10.3. The van der Waals surface area contributed by atoms with Gasteiger partial charge in [-0.2, -0.15) is 0 Å². The molecule has 0 bridgehead atoms. The highest BCUT2D eigenvalue weighted by Gasteiger charge is 2.27. The Morgan fingerprint density at radius 3 is 2.75 bits per heavy atom. The molecule has 3 N–H and O–H groups in total. The summed E-state index contributed by atoms with van der Waals surface area (Å²) in [5.74, 6) is 0.515. The molecular formula is C11H24N2O3. The van der Waals surface area contributed by atoms with E-state index < -0.39 is 6.10 Å².